The van der Waals surface area contributed by atoms with Gasteiger partial charge in [-0.05, 0) is 17.7 Å². The maximum atomic E-state index is 13.4. The van der Waals surface area contributed by atoms with Crippen molar-refractivity contribution in [3.63, 3.8) is 0 Å². The van der Waals surface area contributed by atoms with Gasteiger partial charge in [-0.2, -0.15) is 0 Å². The van der Waals surface area contributed by atoms with E-state index in [0.29, 0.717) is 11.7 Å². The lowest BCUT2D eigenvalue weighted by Crippen LogP contribution is -2.13. The third kappa shape index (κ3) is 5.03. The molecule has 0 amide bonds. The number of carbonyl (C=O) groups is 1. The lowest BCUT2D eigenvalue weighted by atomic mass is 10.2. The van der Waals surface area contributed by atoms with Gasteiger partial charge in [-0.1, -0.05) is 42.5 Å². The molecule has 134 valence electrons. The predicted octanol–water partition coefficient (Wildman–Crippen LogP) is 4.13. The molecule has 0 spiro atoms. The fourth-order valence-corrected chi connectivity index (χ4v) is 2.82. The number of benzene rings is 2. The third-order valence-electron chi connectivity index (χ3n) is 3.41. The van der Waals surface area contributed by atoms with Crippen molar-refractivity contribution in [2.75, 3.05) is 18.5 Å². The van der Waals surface area contributed by atoms with E-state index >= 15 is 0 Å². The molecular formula is C19H17FN2O3S. The average Bonchev–Trinajstić information content (AvgIpc) is 3.15. The average molecular weight is 372 g/mol. The Labute approximate surface area is 154 Å². The minimum absolute atomic E-state index is 0.0114. The summed E-state index contributed by atoms with van der Waals surface area (Å²) < 4.78 is 23.7. The molecule has 0 unspecified atom stereocenters. The first-order chi connectivity index (χ1) is 12.7. The largest absolute Gasteiger partial charge is 0.487 e. The van der Waals surface area contributed by atoms with Crippen molar-refractivity contribution in [2.24, 2.45) is 0 Å². The summed E-state index contributed by atoms with van der Waals surface area (Å²) in [5.74, 6) is -0.858. The number of carbonyl (C=O) groups excluding carboxylic acids is 1. The number of para-hydroxylation sites is 1. The Morgan fingerprint density at radius 2 is 1.85 bits per heavy atom. The Balaban J connectivity index is 1.42. The Kier molecular flexibility index (Phi) is 6.16. The lowest BCUT2D eigenvalue weighted by molar-refractivity contribution is 0.0442. The topological polar surface area (TPSA) is 60.5 Å². The zero-order valence-corrected chi connectivity index (χ0v) is 14.7. The van der Waals surface area contributed by atoms with Crippen LogP contribution in [0.3, 0.4) is 0 Å². The normalized spacial score (nSPS) is 10.3. The van der Waals surface area contributed by atoms with E-state index in [0.717, 1.165) is 5.56 Å². The van der Waals surface area contributed by atoms with Gasteiger partial charge in [-0.15, -0.1) is 11.3 Å². The molecule has 0 radical (unpaired) electrons. The second-order valence-corrected chi connectivity index (χ2v) is 6.15. The molecule has 26 heavy (non-hydrogen) atoms. The molecule has 1 heterocycles. The molecule has 0 saturated carbocycles. The summed E-state index contributed by atoms with van der Waals surface area (Å²) >= 11 is 1.33. The summed E-state index contributed by atoms with van der Waals surface area (Å²) in [4.78, 5) is 16.2. The predicted molar refractivity (Wildman–Crippen MR) is 98.1 cm³/mol. The highest BCUT2D eigenvalue weighted by molar-refractivity contribution is 7.13. The molecule has 0 fully saturated rings. The van der Waals surface area contributed by atoms with Crippen molar-refractivity contribution in [3.05, 3.63) is 77.1 Å². The number of halogens is 1. The number of rotatable bonds is 8. The standard InChI is InChI=1S/C19H17FN2O3S/c20-15-8-4-5-9-17(15)24-10-11-25-18(23)16-13-26-19(22-16)21-12-14-6-2-1-3-7-14/h1-9,13H,10-12H2,(H,21,22). The van der Waals surface area contributed by atoms with Crippen molar-refractivity contribution < 1.29 is 18.7 Å². The van der Waals surface area contributed by atoms with E-state index < -0.39 is 11.8 Å². The molecule has 1 N–H and O–H groups in total. The molecule has 0 aliphatic heterocycles. The van der Waals surface area contributed by atoms with Crippen molar-refractivity contribution in [3.8, 4) is 5.75 Å². The summed E-state index contributed by atoms with van der Waals surface area (Å²) in [5, 5.41) is 5.44. The van der Waals surface area contributed by atoms with Crippen molar-refractivity contribution in [1.82, 2.24) is 4.98 Å². The van der Waals surface area contributed by atoms with Gasteiger partial charge >= 0.3 is 5.97 Å². The molecule has 0 aliphatic rings. The number of ether oxygens (including phenoxy) is 2. The Bertz CT molecular complexity index is 855. The van der Waals surface area contributed by atoms with Gasteiger partial charge in [0, 0.05) is 11.9 Å². The zero-order chi connectivity index (χ0) is 18.2. The van der Waals surface area contributed by atoms with Gasteiger partial charge in [0.1, 0.15) is 13.2 Å². The second kappa shape index (κ2) is 8.96. The molecule has 0 aliphatic carbocycles. The van der Waals surface area contributed by atoms with Crippen LogP contribution in [0, 0.1) is 5.82 Å². The molecule has 0 bridgehead atoms. The van der Waals surface area contributed by atoms with Gasteiger partial charge < -0.3 is 14.8 Å². The first kappa shape index (κ1) is 17.9. The van der Waals surface area contributed by atoms with Crippen LogP contribution in [0.15, 0.2) is 60.0 Å². The molecule has 0 saturated heterocycles. The van der Waals surface area contributed by atoms with E-state index in [1.54, 1.807) is 17.5 Å². The third-order valence-corrected chi connectivity index (χ3v) is 4.21. The number of hydrogen-bond acceptors (Lipinski definition) is 6. The minimum Gasteiger partial charge on any atom is -0.487 e. The molecule has 5 nitrogen and oxygen atoms in total. The summed E-state index contributed by atoms with van der Waals surface area (Å²) in [7, 11) is 0. The first-order valence-corrected chi connectivity index (χ1v) is 8.88. The van der Waals surface area contributed by atoms with E-state index in [2.05, 4.69) is 10.3 Å². The summed E-state index contributed by atoms with van der Waals surface area (Å²) in [6, 6.07) is 16.0. The van der Waals surface area contributed by atoms with E-state index in [1.807, 2.05) is 30.3 Å². The van der Waals surface area contributed by atoms with Crippen LogP contribution in [-0.2, 0) is 11.3 Å². The molecular weight excluding hydrogens is 355 g/mol. The van der Waals surface area contributed by atoms with Crippen LogP contribution in [0.4, 0.5) is 9.52 Å². The van der Waals surface area contributed by atoms with Gasteiger partial charge in [0.25, 0.3) is 0 Å². The first-order valence-electron chi connectivity index (χ1n) is 8.00. The van der Waals surface area contributed by atoms with E-state index in [1.165, 1.54) is 23.5 Å². The monoisotopic (exact) mass is 372 g/mol. The van der Waals surface area contributed by atoms with Gasteiger partial charge in [-0.25, -0.2) is 14.2 Å². The number of anilines is 1. The van der Waals surface area contributed by atoms with Crippen LogP contribution in [-0.4, -0.2) is 24.2 Å². The number of aromatic nitrogens is 1. The second-order valence-electron chi connectivity index (χ2n) is 5.29. The molecule has 3 aromatic rings. The molecule has 1 aromatic heterocycles. The molecule has 0 atom stereocenters. The van der Waals surface area contributed by atoms with Gasteiger partial charge in [0.15, 0.2) is 22.4 Å². The van der Waals surface area contributed by atoms with Crippen LogP contribution >= 0.6 is 11.3 Å². The Hall–Kier alpha value is -2.93. The van der Waals surface area contributed by atoms with Gasteiger partial charge in [0.2, 0.25) is 0 Å². The number of hydrogen-bond donors (Lipinski definition) is 1. The summed E-state index contributed by atoms with van der Waals surface area (Å²) in [6.07, 6.45) is 0. The molecule has 3 rings (SSSR count). The number of nitrogens with one attached hydrogen (secondary N) is 1. The van der Waals surface area contributed by atoms with Crippen LogP contribution in [0.25, 0.3) is 0 Å². The van der Waals surface area contributed by atoms with Gasteiger partial charge in [0.05, 0.1) is 0 Å². The minimum atomic E-state index is -0.536. The van der Waals surface area contributed by atoms with E-state index in [9.17, 15) is 9.18 Å². The summed E-state index contributed by atoms with van der Waals surface area (Å²) in [5.41, 5.74) is 1.36. The van der Waals surface area contributed by atoms with Crippen LogP contribution in [0.2, 0.25) is 0 Å². The zero-order valence-electron chi connectivity index (χ0n) is 13.9. The number of nitrogens with zero attached hydrogens (tertiary/aromatic N) is 1. The van der Waals surface area contributed by atoms with Gasteiger partial charge in [-0.3, -0.25) is 0 Å². The quantitative estimate of drug-likeness (QED) is 0.476. The van der Waals surface area contributed by atoms with Crippen LogP contribution < -0.4 is 10.1 Å². The molecule has 7 heteroatoms. The highest BCUT2D eigenvalue weighted by Gasteiger charge is 2.12. The van der Waals surface area contributed by atoms with Crippen molar-refractivity contribution in [1.29, 1.82) is 0 Å². The molecule has 2 aromatic carbocycles. The number of esters is 1. The van der Waals surface area contributed by atoms with Crippen molar-refractivity contribution in [2.45, 2.75) is 6.54 Å². The maximum Gasteiger partial charge on any atom is 0.358 e. The van der Waals surface area contributed by atoms with E-state index in [4.69, 9.17) is 9.47 Å². The number of thiazole rings is 1. The highest BCUT2D eigenvalue weighted by atomic mass is 32.1. The fourth-order valence-electron chi connectivity index (χ4n) is 2.14. The highest BCUT2D eigenvalue weighted by Crippen LogP contribution is 2.18. The summed E-state index contributed by atoms with van der Waals surface area (Å²) in [6.45, 7) is 0.701. The van der Waals surface area contributed by atoms with Crippen molar-refractivity contribution >= 4 is 22.4 Å². The van der Waals surface area contributed by atoms with Crippen LogP contribution in [0.1, 0.15) is 16.1 Å². The van der Waals surface area contributed by atoms with Crippen LogP contribution in [0.5, 0.6) is 5.75 Å². The van der Waals surface area contributed by atoms with E-state index in [-0.39, 0.29) is 24.7 Å². The maximum absolute atomic E-state index is 13.4. The SMILES string of the molecule is O=C(OCCOc1ccccc1F)c1csc(NCc2ccccc2)n1. The lowest BCUT2D eigenvalue weighted by Gasteiger charge is -2.07. The fraction of sp³-hybridized carbons (Fsp3) is 0.158. The Morgan fingerprint density at radius 3 is 2.65 bits per heavy atom. The smallest absolute Gasteiger partial charge is 0.358 e. The Morgan fingerprint density at radius 1 is 1.08 bits per heavy atom.